The van der Waals surface area contributed by atoms with Gasteiger partial charge in [0.1, 0.15) is 12.4 Å². The number of likely N-dealkylation sites (N-methyl/N-ethyl adjacent to an activating group) is 1. The third kappa shape index (κ3) is 4.53. The van der Waals surface area contributed by atoms with Crippen molar-refractivity contribution in [3.05, 3.63) is 64.2 Å². The second-order valence-corrected chi connectivity index (χ2v) is 6.97. The van der Waals surface area contributed by atoms with Gasteiger partial charge in [0.25, 0.3) is 0 Å². The predicted octanol–water partition coefficient (Wildman–Crippen LogP) is 3.55. The number of carbonyl (C=O) groups is 1. The van der Waals surface area contributed by atoms with Crippen LogP contribution in [0.5, 0.6) is 5.75 Å². The van der Waals surface area contributed by atoms with E-state index in [2.05, 4.69) is 22.3 Å². The molecule has 3 rings (SSSR count). The van der Waals surface area contributed by atoms with E-state index >= 15 is 0 Å². The molecular formula is C20H23ClN2O2. The monoisotopic (exact) mass is 358 g/mol. The zero-order valence-corrected chi connectivity index (χ0v) is 15.3. The Balaban J connectivity index is 1.61. The number of aryl methyl sites for hydroxylation is 1. The number of hydrogen-bond donors (Lipinski definition) is 1. The number of carbonyl (C=O) groups excluding carboxylic acids is 1. The van der Waals surface area contributed by atoms with Gasteiger partial charge in [-0.05, 0) is 55.3 Å². The second kappa shape index (κ2) is 7.89. The average Bonchev–Trinajstić information content (AvgIpc) is 3.00. The van der Waals surface area contributed by atoms with Crippen molar-refractivity contribution in [3.8, 4) is 5.75 Å². The van der Waals surface area contributed by atoms with E-state index in [1.54, 1.807) is 0 Å². The summed E-state index contributed by atoms with van der Waals surface area (Å²) in [5, 5.41) is 3.60. The van der Waals surface area contributed by atoms with Gasteiger partial charge in [0.2, 0.25) is 5.91 Å². The number of amides is 1. The first kappa shape index (κ1) is 17.8. The third-order valence-corrected chi connectivity index (χ3v) is 4.74. The second-order valence-electron chi connectivity index (χ2n) is 6.53. The van der Waals surface area contributed by atoms with Crippen molar-refractivity contribution in [1.29, 1.82) is 0 Å². The summed E-state index contributed by atoms with van der Waals surface area (Å²) in [5.41, 5.74) is 3.31. The van der Waals surface area contributed by atoms with Crippen LogP contribution in [-0.2, 0) is 17.9 Å². The molecule has 0 aromatic heterocycles. The molecule has 1 aliphatic heterocycles. The molecule has 0 aliphatic carbocycles. The first-order chi connectivity index (χ1) is 12.0. The Morgan fingerprint density at radius 1 is 1.24 bits per heavy atom. The number of nitrogens with zero attached hydrogens (tertiary/aromatic N) is 1. The van der Waals surface area contributed by atoms with Gasteiger partial charge in [0.15, 0.2) is 0 Å². The van der Waals surface area contributed by atoms with Gasteiger partial charge < -0.3 is 10.1 Å². The zero-order chi connectivity index (χ0) is 17.8. The minimum Gasteiger partial charge on any atom is -0.489 e. The van der Waals surface area contributed by atoms with Crippen LogP contribution in [0.25, 0.3) is 0 Å². The summed E-state index contributed by atoms with van der Waals surface area (Å²) in [6, 6.07) is 13.8. The van der Waals surface area contributed by atoms with Gasteiger partial charge in [0.05, 0.1) is 6.04 Å². The Hall–Kier alpha value is -2.04. The highest BCUT2D eigenvalue weighted by atomic mass is 35.5. The highest BCUT2D eigenvalue weighted by molar-refractivity contribution is 6.30. The van der Waals surface area contributed by atoms with Gasteiger partial charge in [-0.25, -0.2) is 0 Å². The minimum atomic E-state index is -0.0286. The van der Waals surface area contributed by atoms with Crippen LogP contribution >= 0.6 is 11.6 Å². The lowest BCUT2D eigenvalue weighted by molar-refractivity contribution is -0.123. The molecule has 1 aliphatic rings. The van der Waals surface area contributed by atoms with Crippen LogP contribution in [0.1, 0.15) is 23.1 Å². The largest absolute Gasteiger partial charge is 0.489 e. The van der Waals surface area contributed by atoms with Crippen LogP contribution in [0.4, 0.5) is 0 Å². The van der Waals surface area contributed by atoms with Crippen molar-refractivity contribution in [2.24, 2.45) is 0 Å². The molecular weight excluding hydrogens is 336 g/mol. The van der Waals surface area contributed by atoms with E-state index in [1.165, 1.54) is 5.56 Å². The summed E-state index contributed by atoms with van der Waals surface area (Å²) in [7, 11) is 1.99. The summed E-state index contributed by atoms with van der Waals surface area (Å²) in [5.74, 6) is 0.991. The molecule has 1 fully saturated rings. The maximum atomic E-state index is 11.8. The molecule has 1 unspecified atom stereocenters. The maximum absolute atomic E-state index is 11.8. The quantitative estimate of drug-likeness (QED) is 0.858. The van der Waals surface area contributed by atoms with Gasteiger partial charge >= 0.3 is 0 Å². The Morgan fingerprint density at radius 2 is 2.08 bits per heavy atom. The molecule has 0 bridgehead atoms. The number of nitrogens with one attached hydrogen (secondary N) is 1. The predicted molar refractivity (Wildman–Crippen MR) is 99.8 cm³/mol. The van der Waals surface area contributed by atoms with Gasteiger partial charge in [-0.15, -0.1) is 0 Å². The lowest BCUT2D eigenvalue weighted by atomic mass is 10.1. The SMILES string of the molecule is Cc1cc(CN(C)C2CCNC2=O)ccc1OCc1cccc(Cl)c1. The van der Waals surface area contributed by atoms with E-state index in [9.17, 15) is 4.79 Å². The van der Waals surface area contributed by atoms with Crippen molar-refractivity contribution in [2.75, 3.05) is 13.6 Å². The molecule has 1 N–H and O–H groups in total. The highest BCUT2D eigenvalue weighted by Crippen LogP contribution is 2.22. The van der Waals surface area contributed by atoms with E-state index in [0.29, 0.717) is 11.6 Å². The van der Waals surface area contributed by atoms with Crippen molar-refractivity contribution in [1.82, 2.24) is 10.2 Å². The number of rotatable bonds is 6. The van der Waals surface area contributed by atoms with Crippen molar-refractivity contribution in [2.45, 2.75) is 32.5 Å². The molecule has 0 spiro atoms. The standard InChI is InChI=1S/C20H23ClN2O2/c1-14-10-15(12-23(2)18-8-9-22-20(18)24)6-7-19(14)25-13-16-4-3-5-17(21)11-16/h3-7,10-11,18H,8-9,12-13H2,1-2H3,(H,22,24). The zero-order valence-electron chi connectivity index (χ0n) is 14.6. The minimum absolute atomic E-state index is 0.0286. The van der Waals surface area contributed by atoms with Crippen LogP contribution in [0.15, 0.2) is 42.5 Å². The molecule has 1 amide bonds. The van der Waals surface area contributed by atoms with Crippen LogP contribution in [-0.4, -0.2) is 30.4 Å². The fourth-order valence-electron chi connectivity index (χ4n) is 3.16. The molecule has 1 heterocycles. The van der Waals surface area contributed by atoms with Gasteiger partial charge in [-0.2, -0.15) is 0 Å². The Morgan fingerprint density at radius 3 is 2.76 bits per heavy atom. The lowest BCUT2D eigenvalue weighted by Gasteiger charge is -2.22. The van der Waals surface area contributed by atoms with Gasteiger partial charge in [0, 0.05) is 18.1 Å². The van der Waals surface area contributed by atoms with Crippen LogP contribution < -0.4 is 10.1 Å². The number of ether oxygens (including phenoxy) is 1. The molecule has 0 saturated carbocycles. The van der Waals surface area contributed by atoms with Gasteiger partial charge in [-0.1, -0.05) is 35.9 Å². The van der Waals surface area contributed by atoms with Crippen molar-refractivity contribution < 1.29 is 9.53 Å². The molecule has 2 aromatic rings. The summed E-state index contributed by atoms with van der Waals surface area (Å²) >= 11 is 6.00. The average molecular weight is 359 g/mol. The van der Waals surface area contributed by atoms with Crippen LogP contribution in [0.3, 0.4) is 0 Å². The number of benzene rings is 2. The fraction of sp³-hybridized carbons (Fsp3) is 0.350. The summed E-state index contributed by atoms with van der Waals surface area (Å²) in [6.45, 7) is 4.04. The molecule has 4 nitrogen and oxygen atoms in total. The number of halogens is 1. The molecule has 1 atom stereocenters. The summed E-state index contributed by atoms with van der Waals surface area (Å²) in [4.78, 5) is 13.9. The van der Waals surface area contributed by atoms with Crippen LogP contribution in [0.2, 0.25) is 5.02 Å². The third-order valence-electron chi connectivity index (χ3n) is 4.51. The Labute approximate surface area is 153 Å². The van der Waals surface area contributed by atoms with Crippen molar-refractivity contribution in [3.63, 3.8) is 0 Å². The van der Waals surface area contributed by atoms with Crippen molar-refractivity contribution >= 4 is 17.5 Å². The van der Waals surface area contributed by atoms with E-state index < -0.39 is 0 Å². The molecule has 25 heavy (non-hydrogen) atoms. The van der Waals surface area contributed by atoms with E-state index in [4.69, 9.17) is 16.3 Å². The highest BCUT2D eigenvalue weighted by Gasteiger charge is 2.27. The van der Waals surface area contributed by atoms with E-state index in [-0.39, 0.29) is 11.9 Å². The molecule has 0 radical (unpaired) electrons. The van der Waals surface area contributed by atoms with Gasteiger partial charge in [-0.3, -0.25) is 9.69 Å². The van der Waals surface area contributed by atoms with E-state index in [0.717, 1.165) is 36.4 Å². The number of hydrogen-bond acceptors (Lipinski definition) is 3. The van der Waals surface area contributed by atoms with E-state index in [1.807, 2.05) is 44.3 Å². The Kier molecular flexibility index (Phi) is 5.61. The molecule has 1 saturated heterocycles. The topological polar surface area (TPSA) is 41.6 Å². The van der Waals surface area contributed by atoms with Crippen LogP contribution in [0, 0.1) is 6.92 Å². The Bertz CT molecular complexity index is 763. The smallest absolute Gasteiger partial charge is 0.237 e. The lowest BCUT2D eigenvalue weighted by Crippen LogP contribution is -2.37. The molecule has 5 heteroatoms. The fourth-order valence-corrected chi connectivity index (χ4v) is 3.37. The first-order valence-electron chi connectivity index (χ1n) is 8.47. The maximum Gasteiger partial charge on any atom is 0.237 e. The normalized spacial score (nSPS) is 17.0. The molecule has 132 valence electrons. The summed E-state index contributed by atoms with van der Waals surface area (Å²) in [6.07, 6.45) is 0.870. The summed E-state index contributed by atoms with van der Waals surface area (Å²) < 4.78 is 5.92. The first-order valence-corrected chi connectivity index (χ1v) is 8.85. The molecule has 2 aromatic carbocycles.